The third-order valence-corrected chi connectivity index (χ3v) is 5.22. The van der Waals surface area contributed by atoms with Crippen LogP contribution in [0.4, 0.5) is 0 Å². The van der Waals surface area contributed by atoms with Gasteiger partial charge >= 0.3 is 0 Å². The standard InChI is InChI=1S/C19H25ClN4O3/c1-12(21-2)10-17-22-18(27-23-17)13-6-8-24(9-7-13)19(25)15-11-14(20)4-5-16(15)26-3/h4-5,11-13,21H,6-10H2,1-3H3. The zero-order valence-electron chi connectivity index (χ0n) is 15.9. The van der Waals surface area contributed by atoms with E-state index in [4.69, 9.17) is 20.9 Å². The topological polar surface area (TPSA) is 80.5 Å². The molecule has 1 N–H and O–H groups in total. The summed E-state index contributed by atoms with van der Waals surface area (Å²) in [5.41, 5.74) is 0.490. The zero-order valence-corrected chi connectivity index (χ0v) is 16.6. The minimum atomic E-state index is -0.0677. The first-order chi connectivity index (χ1) is 13.0. The number of hydrogen-bond acceptors (Lipinski definition) is 6. The number of nitrogens with zero attached hydrogens (tertiary/aromatic N) is 3. The molecule has 1 amide bonds. The van der Waals surface area contributed by atoms with E-state index in [1.54, 1.807) is 25.3 Å². The lowest BCUT2D eigenvalue weighted by Gasteiger charge is -2.30. The van der Waals surface area contributed by atoms with E-state index >= 15 is 0 Å². The van der Waals surface area contributed by atoms with E-state index in [1.165, 1.54) is 0 Å². The van der Waals surface area contributed by atoms with Gasteiger partial charge in [-0.3, -0.25) is 4.79 Å². The summed E-state index contributed by atoms with van der Waals surface area (Å²) in [6.45, 7) is 3.33. The van der Waals surface area contributed by atoms with Gasteiger partial charge in [-0.25, -0.2) is 0 Å². The molecular formula is C19H25ClN4O3. The molecule has 0 aliphatic carbocycles. The summed E-state index contributed by atoms with van der Waals surface area (Å²) in [5, 5.41) is 7.76. The van der Waals surface area contributed by atoms with Crippen LogP contribution >= 0.6 is 11.6 Å². The van der Waals surface area contributed by atoms with Gasteiger partial charge in [0.15, 0.2) is 5.82 Å². The number of amides is 1. The summed E-state index contributed by atoms with van der Waals surface area (Å²) in [4.78, 5) is 19.2. The fourth-order valence-electron chi connectivity index (χ4n) is 3.24. The van der Waals surface area contributed by atoms with Gasteiger partial charge in [0.05, 0.1) is 12.7 Å². The lowest BCUT2D eigenvalue weighted by atomic mass is 9.96. The highest BCUT2D eigenvalue weighted by Crippen LogP contribution is 2.30. The molecule has 7 nitrogen and oxygen atoms in total. The van der Waals surface area contributed by atoms with Crippen LogP contribution in [0.3, 0.4) is 0 Å². The molecule has 0 radical (unpaired) electrons. The third kappa shape index (κ3) is 4.59. The number of piperidine rings is 1. The van der Waals surface area contributed by atoms with Crippen LogP contribution in [0.15, 0.2) is 22.7 Å². The quantitative estimate of drug-likeness (QED) is 0.814. The van der Waals surface area contributed by atoms with E-state index in [0.717, 1.165) is 19.3 Å². The summed E-state index contributed by atoms with van der Waals surface area (Å²) < 4.78 is 10.8. The van der Waals surface area contributed by atoms with Gasteiger partial charge in [-0.1, -0.05) is 16.8 Å². The molecule has 1 fully saturated rings. The predicted octanol–water partition coefficient (Wildman–Crippen LogP) is 2.90. The number of methoxy groups -OCH3 is 1. The molecule has 3 rings (SSSR count). The highest BCUT2D eigenvalue weighted by atomic mass is 35.5. The van der Waals surface area contributed by atoms with Crippen LogP contribution in [0.2, 0.25) is 5.02 Å². The maximum atomic E-state index is 12.9. The number of likely N-dealkylation sites (tertiary alicyclic amines) is 1. The fraction of sp³-hybridized carbons (Fsp3) is 0.526. The van der Waals surface area contributed by atoms with Crippen molar-refractivity contribution in [3.8, 4) is 5.75 Å². The smallest absolute Gasteiger partial charge is 0.257 e. The summed E-state index contributed by atoms with van der Waals surface area (Å²) >= 11 is 6.05. The summed E-state index contributed by atoms with van der Waals surface area (Å²) in [7, 11) is 3.46. The van der Waals surface area contributed by atoms with Crippen molar-refractivity contribution in [3.63, 3.8) is 0 Å². The summed E-state index contributed by atoms with van der Waals surface area (Å²) in [6.07, 6.45) is 2.31. The first-order valence-corrected chi connectivity index (χ1v) is 9.52. The molecule has 1 unspecified atom stereocenters. The number of nitrogens with one attached hydrogen (secondary N) is 1. The Morgan fingerprint density at radius 3 is 2.85 bits per heavy atom. The molecule has 1 saturated heterocycles. The minimum Gasteiger partial charge on any atom is -0.496 e. The van der Waals surface area contributed by atoms with Crippen LogP contribution in [-0.2, 0) is 6.42 Å². The van der Waals surface area contributed by atoms with Gasteiger partial charge < -0.3 is 19.5 Å². The Balaban J connectivity index is 1.62. The first-order valence-electron chi connectivity index (χ1n) is 9.14. The van der Waals surface area contributed by atoms with Crippen molar-refractivity contribution in [2.45, 2.75) is 38.1 Å². The molecule has 2 aromatic rings. The highest BCUT2D eigenvalue weighted by Gasteiger charge is 2.29. The molecule has 0 saturated carbocycles. The number of ether oxygens (including phenoxy) is 1. The molecule has 27 heavy (non-hydrogen) atoms. The lowest BCUT2D eigenvalue weighted by Crippen LogP contribution is -2.38. The summed E-state index contributed by atoms with van der Waals surface area (Å²) in [6, 6.07) is 5.38. The van der Waals surface area contributed by atoms with Gasteiger partial charge in [-0.15, -0.1) is 0 Å². The van der Waals surface area contributed by atoms with Crippen LogP contribution in [0, 0.1) is 0 Å². The molecule has 0 bridgehead atoms. The van der Waals surface area contributed by atoms with Crippen LogP contribution < -0.4 is 10.1 Å². The van der Waals surface area contributed by atoms with Crippen LogP contribution in [0.5, 0.6) is 5.75 Å². The molecule has 1 aromatic heterocycles. The van der Waals surface area contributed by atoms with Gasteiger partial charge in [0.2, 0.25) is 5.89 Å². The second-order valence-electron chi connectivity index (χ2n) is 6.85. The number of carbonyl (C=O) groups is 1. The Morgan fingerprint density at radius 2 is 2.19 bits per heavy atom. The molecule has 1 aliphatic rings. The highest BCUT2D eigenvalue weighted by molar-refractivity contribution is 6.31. The van der Waals surface area contributed by atoms with Gasteiger partial charge in [0.1, 0.15) is 5.75 Å². The number of rotatable bonds is 6. The van der Waals surface area contributed by atoms with Gasteiger partial charge in [0.25, 0.3) is 5.91 Å². The number of hydrogen-bond donors (Lipinski definition) is 1. The van der Waals surface area contributed by atoms with Gasteiger partial charge in [0, 0.05) is 36.5 Å². The zero-order chi connectivity index (χ0) is 19.4. The van der Waals surface area contributed by atoms with Crippen molar-refractivity contribution in [3.05, 3.63) is 40.5 Å². The number of aromatic nitrogens is 2. The van der Waals surface area contributed by atoms with E-state index in [-0.39, 0.29) is 11.8 Å². The van der Waals surface area contributed by atoms with E-state index in [2.05, 4.69) is 22.4 Å². The van der Waals surface area contributed by atoms with Crippen molar-refractivity contribution in [2.75, 3.05) is 27.2 Å². The lowest BCUT2D eigenvalue weighted by molar-refractivity contribution is 0.0701. The monoisotopic (exact) mass is 392 g/mol. The fourth-order valence-corrected chi connectivity index (χ4v) is 3.41. The normalized spacial score (nSPS) is 16.4. The number of likely N-dealkylation sites (N-methyl/N-ethyl adjacent to an activating group) is 1. The Morgan fingerprint density at radius 1 is 1.44 bits per heavy atom. The largest absolute Gasteiger partial charge is 0.496 e. The predicted molar refractivity (Wildman–Crippen MR) is 102 cm³/mol. The molecule has 2 heterocycles. The second-order valence-corrected chi connectivity index (χ2v) is 7.29. The average Bonchev–Trinajstić information content (AvgIpc) is 3.15. The number of benzene rings is 1. The Hall–Kier alpha value is -2.12. The molecule has 0 spiro atoms. The Bertz CT molecular complexity index is 787. The van der Waals surface area contributed by atoms with E-state index in [0.29, 0.717) is 47.2 Å². The van der Waals surface area contributed by atoms with E-state index in [1.807, 2.05) is 11.9 Å². The van der Waals surface area contributed by atoms with Crippen LogP contribution in [-0.4, -0.2) is 54.2 Å². The van der Waals surface area contributed by atoms with Crippen molar-refractivity contribution in [1.82, 2.24) is 20.4 Å². The van der Waals surface area contributed by atoms with Crippen molar-refractivity contribution in [2.24, 2.45) is 0 Å². The average molecular weight is 393 g/mol. The molecular weight excluding hydrogens is 368 g/mol. The first kappa shape index (κ1) is 19.6. The second kappa shape index (κ2) is 8.71. The molecule has 1 aromatic carbocycles. The SMILES string of the molecule is CNC(C)Cc1noc(C2CCN(C(=O)c3cc(Cl)ccc3OC)CC2)n1. The number of halogens is 1. The van der Waals surface area contributed by atoms with Crippen LogP contribution in [0.1, 0.15) is 47.8 Å². The maximum Gasteiger partial charge on any atom is 0.257 e. The third-order valence-electron chi connectivity index (χ3n) is 4.99. The number of carbonyl (C=O) groups excluding carboxylic acids is 1. The van der Waals surface area contributed by atoms with Gasteiger partial charge in [-0.2, -0.15) is 4.98 Å². The van der Waals surface area contributed by atoms with Crippen LogP contribution in [0.25, 0.3) is 0 Å². The molecule has 146 valence electrons. The van der Waals surface area contributed by atoms with Gasteiger partial charge in [-0.05, 0) is 45.0 Å². The minimum absolute atomic E-state index is 0.0677. The van der Waals surface area contributed by atoms with E-state index in [9.17, 15) is 4.79 Å². The van der Waals surface area contributed by atoms with Crippen molar-refractivity contribution >= 4 is 17.5 Å². The van der Waals surface area contributed by atoms with Crippen molar-refractivity contribution in [1.29, 1.82) is 0 Å². The Kier molecular flexibility index (Phi) is 6.34. The maximum absolute atomic E-state index is 12.9. The Labute approximate surface area is 164 Å². The van der Waals surface area contributed by atoms with Crippen molar-refractivity contribution < 1.29 is 14.1 Å². The molecule has 8 heteroatoms. The van der Waals surface area contributed by atoms with E-state index < -0.39 is 0 Å². The molecule has 1 atom stereocenters. The molecule has 1 aliphatic heterocycles. The summed E-state index contributed by atoms with van der Waals surface area (Å²) in [5.74, 6) is 2.03.